The smallest absolute Gasteiger partial charge is 0.318 e. The molecule has 0 aliphatic heterocycles. The monoisotopic (exact) mass is 452 g/mol. The van der Waals surface area contributed by atoms with Crippen molar-refractivity contribution in [3.05, 3.63) is 91.3 Å². The summed E-state index contributed by atoms with van der Waals surface area (Å²) >= 11 is 0. The summed E-state index contributed by atoms with van der Waals surface area (Å²) in [6.07, 6.45) is 3.83. The molecule has 0 N–H and O–H groups in total. The fourth-order valence-corrected chi connectivity index (χ4v) is 3.10. The Balaban J connectivity index is 1.82. The third-order valence-corrected chi connectivity index (χ3v) is 4.67. The van der Waals surface area contributed by atoms with Crippen LogP contribution in [0.1, 0.15) is 27.2 Å². The Hall–Kier alpha value is -4.54. The number of hydrogen-bond donors (Lipinski definition) is 0. The number of hydrogen-bond acceptors (Lipinski definition) is 8. The Morgan fingerprint density at radius 1 is 1.09 bits per heavy atom. The number of aryl methyl sites for hydroxylation is 2. The van der Waals surface area contributed by atoms with Gasteiger partial charge in [-0.2, -0.15) is 5.10 Å². The summed E-state index contributed by atoms with van der Waals surface area (Å²) in [5.74, 6) is -0.00830. The number of allylic oxidation sites excluding steroid dienone is 1. The Labute approximate surface area is 188 Å². The van der Waals surface area contributed by atoms with Gasteiger partial charge in [-0.05, 0) is 42.3 Å². The fraction of sp³-hybridized carbons (Fsp3) is 0.182. The number of carbonyl (C=O) groups is 1. The molecule has 33 heavy (non-hydrogen) atoms. The molecule has 0 aliphatic rings. The first kappa shape index (κ1) is 23.1. The van der Waals surface area contributed by atoms with Crippen molar-refractivity contribution in [3.63, 3.8) is 0 Å². The molecule has 0 fully saturated rings. The molecule has 0 saturated heterocycles. The van der Waals surface area contributed by atoms with Gasteiger partial charge in [0.1, 0.15) is 18.6 Å². The van der Waals surface area contributed by atoms with E-state index in [0.29, 0.717) is 16.9 Å². The van der Waals surface area contributed by atoms with Gasteiger partial charge in [-0.25, -0.2) is 0 Å². The third kappa shape index (κ3) is 5.39. The zero-order chi connectivity index (χ0) is 24.1. The van der Waals surface area contributed by atoms with Gasteiger partial charge >= 0.3 is 11.4 Å². The summed E-state index contributed by atoms with van der Waals surface area (Å²) in [4.78, 5) is 33.7. The first-order chi connectivity index (χ1) is 15.7. The van der Waals surface area contributed by atoms with Gasteiger partial charge in [0.2, 0.25) is 11.5 Å². The first-order valence-electron chi connectivity index (χ1n) is 9.64. The maximum absolute atomic E-state index is 12.4. The van der Waals surface area contributed by atoms with Crippen LogP contribution in [0.2, 0.25) is 0 Å². The van der Waals surface area contributed by atoms with Gasteiger partial charge in [-0.3, -0.25) is 29.7 Å². The molecular weight excluding hydrogens is 432 g/mol. The highest BCUT2D eigenvalue weighted by atomic mass is 16.6. The summed E-state index contributed by atoms with van der Waals surface area (Å²) in [5.41, 5.74) is 1.13. The zero-order valence-electron chi connectivity index (χ0n) is 18.0. The number of nitro benzene ring substituents is 1. The second-order valence-corrected chi connectivity index (χ2v) is 7.08. The Morgan fingerprint density at radius 3 is 2.45 bits per heavy atom. The van der Waals surface area contributed by atoms with Gasteiger partial charge in [0.15, 0.2) is 5.75 Å². The van der Waals surface area contributed by atoms with E-state index in [-0.39, 0.29) is 29.4 Å². The minimum Gasteiger partial charge on any atom is -0.496 e. The lowest BCUT2D eigenvalue weighted by Crippen LogP contribution is -2.02. The van der Waals surface area contributed by atoms with Gasteiger partial charge in [-0.1, -0.05) is 18.2 Å². The molecule has 170 valence electrons. The zero-order valence-corrected chi connectivity index (χ0v) is 18.0. The molecule has 0 saturated carbocycles. The number of ether oxygens (including phenoxy) is 2. The van der Waals surface area contributed by atoms with E-state index in [1.54, 1.807) is 31.2 Å². The van der Waals surface area contributed by atoms with Crippen LogP contribution in [0.15, 0.2) is 48.7 Å². The number of rotatable bonds is 9. The minimum atomic E-state index is -0.666. The lowest BCUT2D eigenvalue weighted by molar-refractivity contribution is -0.386. The van der Waals surface area contributed by atoms with Crippen molar-refractivity contribution in [1.29, 1.82) is 0 Å². The highest BCUT2D eigenvalue weighted by Crippen LogP contribution is 2.30. The van der Waals surface area contributed by atoms with E-state index in [9.17, 15) is 25.0 Å². The SMILES string of the molecule is COc1ccc(/C=C/C(=O)c2nn(C)cc2[N+](=O)[O-])cc1COc1ccc(C)cc1[N+](=O)[O-]. The predicted octanol–water partition coefficient (Wildman–Crippen LogP) is 4.03. The van der Waals surface area contributed by atoms with Gasteiger partial charge in [0.25, 0.3) is 0 Å². The molecule has 3 aromatic rings. The van der Waals surface area contributed by atoms with E-state index in [0.717, 1.165) is 11.8 Å². The van der Waals surface area contributed by atoms with Crippen LogP contribution in [-0.2, 0) is 13.7 Å². The Morgan fingerprint density at radius 2 is 1.79 bits per heavy atom. The van der Waals surface area contributed by atoms with Crippen LogP contribution >= 0.6 is 0 Å². The van der Waals surface area contributed by atoms with Crippen LogP contribution in [0.5, 0.6) is 11.5 Å². The van der Waals surface area contributed by atoms with Crippen molar-refractivity contribution >= 4 is 23.2 Å². The van der Waals surface area contributed by atoms with Crippen LogP contribution in [0.4, 0.5) is 11.4 Å². The molecule has 11 nitrogen and oxygen atoms in total. The predicted molar refractivity (Wildman–Crippen MR) is 118 cm³/mol. The van der Waals surface area contributed by atoms with Crippen LogP contribution in [-0.4, -0.2) is 32.5 Å². The molecule has 0 radical (unpaired) electrons. The molecule has 0 atom stereocenters. The molecule has 1 heterocycles. The molecule has 0 aliphatic carbocycles. The summed E-state index contributed by atoms with van der Waals surface area (Å²) in [7, 11) is 2.97. The summed E-state index contributed by atoms with van der Waals surface area (Å²) in [6, 6.07) is 9.70. The number of carbonyl (C=O) groups excluding carboxylic acids is 1. The van der Waals surface area contributed by atoms with Crippen molar-refractivity contribution in [2.75, 3.05) is 7.11 Å². The number of nitrogens with zero attached hydrogens (tertiary/aromatic N) is 4. The lowest BCUT2D eigenvalue weighted by atomic mass is 10.1. The van der Waals surface area contributed by atoms with E-state index >= 15 is 0 Å². The van der Waals surface area contributed by atoms with E-state index in [4.69, 9.17) is 9.47 Å². The molecule has 11 heteroatoms. The Kier molecular flexibility index (Phi) is 6.82. The molecule has 3 rings (SSSR count). The Bertz CT molecular complexity index is 1260. The average Bonchev–Trinajstić information content (AvgIpc) is 3.18. The first-order valence-corrected chi connectivity index (χ1v) is 9.64. The molecule has 0 unspecified atom stereocenters. The van der Waals surface area contributed by atoms with Crippen LogP contribution in [0.25, 0.3) is 6.08 Å². The number of methoxy groups -OCH3 is 1. The normalized spacial score (nSPS) is 10.9. The highest BCUT2D eigenvalue weighted by Gasteiger charge is 2.23. The number of aromatic nitrogens is 2. The molecule has 1 aromatic heterocycles. The van der Waals surface area contributed by atoms with Crippen molar-refractivity contribution < 1.29 is 24.1 Å². The number of ketones is 1. The van der Waals surface area contributed by atoms with Gasteiger partial charge < -0.3 is 9.47 Å². The second-order valence-electron chi connectivity index (χ2n) is 7.08. The number of nitro groups is 2. The van der Waals surface area contributed by atoms with Gasteiger partial charge in [0.05, 0.1) is 17.0 Å². The summed E-state index contributed by atoms with van der Waals surface area (Å²) < 4.78 is 12.2. The lowest BCUT2D eigenvalue weighted by Gasteiger charge is -2.11. The fourth-order valence-electron chi connectivity index (χ4n) is 3.10. The summed E-state index contributed by atoms with van der Waals surface area (Å²) in [5, 5.41) is 26.3. The minimum absolute atomic E-state index is 0.0194. The average molecular weight is 452 g/mol. The van der Waals surface area contributed by atoms with Crippen LogP contribution in [0.3, 0.4) is 0 Å². The van der Waals surface area contributed by atoms with Crippen molar-refractivity contribution in [2.24, 2.45) is 7.05 Å². The molecule has 0 amide bonds. The van der Waals surface area contributed by atoms with Crippen molar-refractivity contribution in [1.82, 2.24) is 9.78 Å². The van der Waals surface area contributed by atoms with E-state index in [2.05, 4.69) is 5.10 Å². The van der Waals surface area contributed by atoms with E-state index in [1.165, 1.54) is 43.1 Å². The largest absolute Gasteiger partial charge is 0.496 e. The summed E-state index contributed by atoms with van der Waals surface area (Å²) in [6.45, 7) is 1.73. The highest BCUT2D eigenvalue weighted by molar-refractivity contribution is 6.08. The van der Waals surface area contributed by atoms with Crippen molar-refractivity contribution in [3.8, 4) is 11.5 Å². The van der Waals surface area contributed by atoms with Crippen LogP contribution < -0.4 is 9.47 Å². The van der Waals surface area contributed by atoms with Gasteiger partial charge in [0, 0.05) is 18.7 Å². The molecule has 2 aromatic carbocycles. The third-order valence-electron chi connectivity index (χ3n) is 4.67. The second kappa shape index (κ2) is 9.73. The maximum atomic E-state index is 12.4. The topological polar surface area (TPSA) is 140 Å². The van der Waals surface area contributed by atoms with Crippen LogP contribution in [0, 0.1) is 27.2 Å². The van der Waals surface area contributed by atoms with E-state index in [1.807, 2.05) is 0 Å². The van der Waals surface area contributed by atoms with E-state index < -0.39 is 15.6 Å². The van der Waals surface area contributed by atoms with Gasteiger partial charge in [-0.15, -0.1) is 0 Å². The number of benzene rings is 2. The quantitative estimate of drug-likeness (QED) is 0.205. The molecule has 0 spiro atoms. The van der Waals surface area contributed by atoms with Crippen molar-refractivity contribution in [2.45, 2.75) is 13.5 Å². The standard InChI is InChI=1S/C22H20N4O7/c1-14-4-8-21(17(10-14)25(28)29)33-13-16-11-15(6-9-20(16)32-3)5-7-19(27)22-18(26(30)31)12-24(2)23-22/h4-12H,13H2,1-3H3/b7-5+. The molecular formula is C22H20N4O7. The molecule has 0 bridgehead atoms. The maximum Gasteiger partial charge on any atom is 0.318 e.